The third-order valence-electron chi connectivity index (χ3n) is 3.21. The van der Waals surface area contributed by atoms with E-state index in [1.807, 2.05) is 6.92 Å². The Hall–Kier alpha value is -0.330. The largest absolute Gasteiger partial charge is 0.392 e. The first-order valence-electron chi connectivity index (χ1n) is 5.96. The van der Waals surface area contributed by atoms with Crippen molar-refractivity contribution in [2.45, 2.75) is 37.3 Å². The van der Waals surface area contributed by atoms with Gasteiger partial charge in [-0.2, -0.15) is 0 Å². The Morgan fingerprint density at radius 1 is 1.42 bits per heavy atom. The van der Waals surface area contributed by atoms with E-state index in [0.29, 0.717) is 11.5 Å². The van der Waals surface area contributed by atoms with Crippen LogP contribution in [0.5, 0.6) is 0 Å². The number of nitrogens with one attached hydrogen (secondary N) is 1. The second-order valence-electron chi connectivity index (χ2n) is 4.78. The average Bonchev–Trinajstić information content (AvgIpc) is 3.14. The number of benzene rings is 1. The van der Waals surface area contributed by atoms with Crippen molar-refractivity contribution in [3.05, 3.63) is 27.7 Å². The topological polar surface area (TPSA) is 66.4 Å². The van der Waals surface area contributed by atoms with Crippen LogP contribution in [0.25, 0.3) is 0 Å². The zero-order valence-electron chi connectivity index (χ0n) is 10.4. The number of rotatable bonds is 5. The van der Waals surface area contributed by atoms with Crippen molar-refractivity contribution in [2.24, 2.45) is 5.92 Å². The van der Waals surface area contributed by atoms with Gasteiger partial charge >= 0.3 is 0 Å². The molecule has 1 aliphatic carbocycles. The summed E-state index contributed by atoms with van der Waals surface area (Å²) in [7, 11) is -3.73. The molecule has 1 fully saturated rings. The molecule has 0 radical (unpaired) electrons. The Kier molecular flexibility index (Phi) is 4.42. The molecule has 7 heteroatoms. The summed E-state index contributed by atoms with van der Waals surface area (Å²) < 4.78 is 27.2. The smallest absolute Gasteiger partial charge is 0.242 e. The molecule has 2 N–H and O–H groups in total. The average molecular weight is 324 g/mol. The van der Waals surface area contributed by atoms with E-state index in [4.69, 9.17) is 28.3 Å². The van der Waals surface area contributed by atoms with Gasteiger partial charge in [0.05, 0.1) is 11.6 Å². The molecule has 0 bridgehead atoms. The predicted octanol–water partition coefficient (Wildman–Crippen LogP) is 2.56. The van der Waals surface area contributed by atoms with E-state index in [0.717, 1.165) is 12.8 Å². The van der Waals surface area contributed by atoms with Gasteiger partial charge in [-0.25, -0.2) is 13.1 Å². The molecule has 1 atom stereocenters. The lowest BCUT2D eigenvalue weighted by atomic mass is 10.2. The van der Waals surface area contributed by atoms with Gasteiger partial charge in [-0.05, 0) is 43.4 Å². The van der Waals surface area contributed by atoms with Gasteiger partial charge in [-0.3, -0.25) is 0 Å². The third kappa shape index (κ3) is 3.41. The van der Waals surface area contributed by atoms with Crippen molar-refractivity contribution in [3.63, 3.8) is 0 Å². The number of halogens is 2. The standard InChI is InChI=1S/C12H15Cl2NO3S/c1-7(8-2-3-8)15-19(17,18)11-5-10(13)4-9(6-16)12(11)14/h4-5,7-8,15-16H,2-3,6H2,1H3. The fourth-order valence-electron chi connectivity index (χ4n) is 1.93. The summed E-state index contributed by atoms with van der Waals surface area (Å²) in [6, 6.07) is 2.62. The van der Waals surface area contributed by atoms with Crippen LogP contribution in [-0.4, -0.2) is 19.6 Å². The minimum Gasteiger partial charge on any atom is -0.392 e. The summed E-state index contributed by atoms with van der Waals surface area (Å²) in [4.78, 5) is -0.0850. The quantitative estimate of drug-likeness (QED) is 0.875. The van der Waals surface area contributed by atoms with Crippen LogP contribution in [0.1, 0.15) is 25.3 Å². The van der Waals surface area contributed by atoms with E-state index in [2.05, 4.69) is 4.72 Å². The van der Waals surface area contributed by atoms with E-state index >= 15 is 0 Å². The van der Waals surface area contributed by atoms with Crippen molar-refractivity contribution in [1.82, 2.24) is 4.72 Å². The predicted molar refractivity (Wildman–Crippen MR) is 74.9 cm³/mol. The van der Waals surface area contributed by atoms with Crippen LogP contribution in [-0.2, 0) is 16.6 Å². The van der Waals surface area contributed by atoms with E-state index in [1.54, 1.807) is 0 Å². The fourth-order valence-corrected chi connectivity index (χ4v) is 4.17. The van der Waals surface area contributed by atoms with Gasteiger partial charge in [0.2, 0.25) is 10.0 Å². The van der Waals surface area contributed by atoms with Crippen molar-refractivity contribution >= 4 is 33.2 Å². The van der Waals surface area contributed by atoms with Gasteiger partial charge < -0.3 is 5.11 Å². The summed E-state index contributed by atoms with van der Waals surface area (Å²) in [5, 5.41) is 9.40. The van der Waals surface area contributed by atoms with Crippen molar-refractivity contribution in [1.29, 1.82) is 0 Å². The fraction of sp³-hybridized carbons (Fsp3) is 0.500. The summed E-state index contributed by atoms with van der Waals surface area (Å²) in [6.45, 7) is 1.47. The molecule has 0 amide bonds. The summed E-state index contributed by atoms with van der Waals surface area (Å²) in [6.07, 6.45) is 2.07. The number of aliphatic hydroxyl groups is 1. The highest BCUT2D eigenvalue weighted by Crippen LogP contribution is 2.34. The molecule has 1 aromatic rings. The molecule has 1 aromatic carbocycles. The second kappa shape index (κ2) is 5.58. The molecule has 0 spiro atoms. The van der Waals surface area contributed by atoms with Crippen LogP contribution in [0.15, 0.2) is 17.0 Å². The highest BCUT2D eigenvalue weighted by molar-refractivity contribution is 7.89. The van der Waals surface area contributed by atoms with Crippen LogP contribution < -0.4 is 4.72 Å². The Balaban J connectivity index is 2.36. The van der Waals surface area contributed by atoms with Crippen LogP contribution in [0.2, 0.25) is 10.0 Å². The van der Waals surface area contributed by atoms with Crippen LogP contribution in [0.4, 0.5) is 0 Å². The number of sulfonamides is 1. The first kappa shape index (κ1) is 15.1. The van der Waals surface area contributed by atoms with Crippen molar-refractivity contribution in [3.8, 4) is 0 Å². The minimum absolute atomic E-state index is 0.0161. The molecule has 0 heterocycles. The van der Waals surface area contributed by atoms with Gasteiger partial charge in [-0.1, -0.05) is 23.2 Å². The van der Waals surface area contributed by atoms with Crippen molar-refractivity contribution < 1.29 is 13.5 Å². The van der Waals surface area contributed by atoms with Crippen LogP contribution in [0.3, 0.4) is 0 Å². The highest BCUT2D eigenvalue weighted by Gasteiger charge is 2.32. The van der Waals surface area contributed by atoms with E-state index < -0.39 is 10.0 Å². The van der Waals surface area contributed by atoms with Gasteiger partial charge in [-0.15, -0.1) is 0 Å². The molecule has 0 saturated heterocycles. The second-order valence-corrected chi connectivity index (χ2v) is 7.28. The first-order chi connectivity index (χ1) is 8.85. The van der Waals surface area contributed by atoms with Gasteiger partial charge in [0, 0.05) is 11.1 Å². The summed E-state index contributed by atoms with van der Waals surface area (Å²) in [5.41, 5.74) is 0.300. The van der Waals surface area contributed by atoms with Gasteiger partial charge in [0.1, 0.15) is 4.90 Å². The molecule has 1 unspecified atom stereocenters. The zero-order valence-corrected chi connectivity index (χ0v) is 12.7. The molecule has 4 nitrogen and oxygen atoms in total. The van der Waals surface area contributed by atoms with E-state index in [9.17, 15) is 8.42 Å². The maximum atomic E-state index is 12.3. The monoisotopic (exact) mass is 323 g/mol. The van der Waals surface area contributed by atoms with E-state index in [-0.39, 0.29) is 27.6 Å². The Morgan fingerprint density at radius 3 is 2.58 bits per heavy atom. The third-order valence-corrected chi connectivity index (χ3v) is 5.57. The number of hydrogen-bond donors (Lipinski definition) is 2. The van der Waals surface area contributed by atoms with Crippen LogP contribution in [0, 0.1) is 5.92 Å². The lowest BCUT2D eigenvalue weighted by molar-refractivity contribution is 0.281. The Labute approximate surface area is 122 Å². The molecule has 106 valence electrons. The Morgan fingerprint density at radius 2 is 2.05 bits per heavy atom. The normalized spacial score (nSPS) is 17.5. The zero-order chi connectivity index (χ0) is 14.2. The molecule has 0 aliphatic heterocycles. The molecular formula is C12H15Cl2NO3S. The maximum Gasteiger partial charge on any atom is 0.242 e. The van der Waals surface area contributed by atoms with Crippen LogP contribution >= 0.6 is 23.2 Å². The molecule has 1 saturated carbocycles. The van der Waals surface area contributed by atoms with Gasteiger partial charge in [0.15, 0.2) is 0 Å². The minimum atomic E-state index is -3.73. The molecule has 1 aliphatic rings. The maximum absolute atomic E-state index is 12.3. The first-order valence-corrected chi connectivity index (χ1v) is 8.20. The SMILES string of the molecule is CC(NS(=O)(=O)c1cc(Cl)cc(CO)c1Cl)C1CC1. The van der Waals surface area contributed by atoms with Crippen molar-refractivity contribution in [2.75, 3.05) is 0 Å². The number of aliphatic hydroxyl groups excluding tert-OH is 1. The Bertz CT molecular complexity index is 585. The summed E-state index contributed by atoms with van der Waals surface area (Å²) >= 11 is 11.9. The number of hydrogen-bond acceptors (Lipinski definition) is 3. The molecule has 2 rings (SSSR count). The molecule has 0 aromatic heterocycles. The molecule has 19 heavy (non-hydrogen) atoms. The lowest BCUT2D eigenvalue weighted by Gasteiger charge is -2.15. The highest BCUT2D eigenvalue weighted by atomic mass is 35.5. The van der Waals surface area contributed by atoms with E-state index in [1.165, 1.54) is 12.1 Å². The lowest BCUT2D eigenvalue weighted by Crippen LogP contribution is -2.34. The molecular weight excluding hydrogens is 309 g/mol. The summed E-state index contributed by atoms with van der Waals surface area (Å²) in [5.74, 6) is 0.394. The van der Waals surface area contributed by atoms with Gasteiger partial charge in [0.25, 0.3) is 0 Å².